The van der Waals surface area contributed by atoms with Gasteiger partial charge in [0.05, 0.1) is 25.4 Å². The predicted octanol–water partition coefficient (Wildman–Crippen LogP) is 3.24. The van der Waals surface area contributed by atoms with Crippen molar-refractivity contribution in [3.05, 3.63) is 48.5 Å². The number of amides is 1. The van der Waals surface area contributed by atoms with Crippen molar-refractivity contribution < 1.29 is 14.3 Å². The SMILES string of the molecule is CCOc1ccc(NC(=O)CN2CCN(c3ccccc3OCC)CC2)cc1. The number of hydrogen-bond donors (Lipinski definition) is 1. The Bertz CT molecular complexity index is 756. The normalized spacial score (nSPS) is 14.6. The van der Waals surface area contributed by atoms with E-state index in [0.717, 1.165) is 49.1 Å². The van der Waals surface area contributed by atoms with E-state index in [1.165, 1.54) is 0 Å². The molecule has 1 N–H and O–H groups in total. The van der Waals surface area contributed by atoms with Crippen LogP contribution in [-0.4, -0.2) is 56.7 Å². The number of nitrogens with one attached hydrogen (secondary N) is 1. The summed E-state index contributed by atoms with van der Waals surface area (Å²) in [5.74, 6) is 1.74. The van der Waals surface area contributed by atoms with Gasteiger partial charge < -0.3 is 19.7 Å². The Labute approximate surface area is 167 Å². The first-order valence-corrected chi connectivity index (χ1v) is 9.91. The zero-order chi connectivity index (χ0) is 19.8. The number of carbonyl (C=O) groups excluding carboxylic acids is 1. The second-order valence-corrected chi connectivity index (χ2v) is 6.67. The van der Waals surface area contributed by atoms with Crippen LogP contribution >= 0.6 is 0 Å². The highest BCUT2D eigenvalue weighted by Gasteiger charge is 2.21. The van der Waals surface area contributed by atoms with Gasteiger partial charge in [-0.05, 0) is 50.2 Å². The first-order chi connectivity index (χ1) is 13.7. The Morgan fingerprint density at radius 1 is 0.929 bits per heavy atom. The molecule has 150 valence electrons. The van der Waals surface area contributed by atoms with E-state index >= 15 is 0 Å². The lowest BCUT2D eigenvalue weighted by molar-refractivity contribution is -0.117. The van der Waals surface area contributed by atoms with Crippen molar-refractivity contribution in [2.24, 2.45) is 0 Å². The summed E-state index contributed by atoms with van der Waals surface area (Å²) in [6.07, 6.45) is 0. The Balaban J connectivity index is 1.48. The molecule has 0 saturated carbocycles. The Kier molecular flexibility index (Phi) is 7.14. The van der Waals surface area contributed by atoms with Crippen molar-refractivity contribution >= 4 is 17.3 Å². The van der Waals surface area contributed by atoms with E-state index in [4.69, 9.17) is 9.47 Å². The second kappa shape index (κ2) is 9.99. The standard InChI is InChI=1S/C22H29N3O3/c1-3-27-19-11-9-18(10-12-19)23-22(26)17-24-13-15-25(16-14-24)20-7-5-6-8-21(20)28-4-2/h5-12H,3-4,13-17H2,1-2H3,(H,23,26). The van der Waals surface area contributed by atoms with Crippen molar-refractivity contribution in [2.45, 2.75) is 13.8 Å². The molecule has 0 radical (unpaired) electrons. The molecular formula is C22H29N3O3. The smallest absolute Gasteiger partial charge is 0.238 e. The Morgan fingerprint density at radius 2 is 1.61 bits per heavy atom. The van der Waals surface area contributed by atoms with Gasteiger partial charge in [0.1, 0.15) is 11.5 Å². The molecule has 28 heavy (non-hydrogen) atoms. The van der Waals surface area contributed by atoms with Crippen molar-refractivity contribution in [3.8, 4) is 11.5 Å². The van der Waals surface area contributed by atoms with Crippen LogP contribution in [0, 0.1) is 0 Å². The van der Waals surface area contributed by atoms with Gasteiger partial charge in [-0.3, -0.25) is 9.69 Å². The van der Waals surface area contributed by atoms with E-state index in [-0.39, 0.29) is 5.91 Å². The number of rotatable bonds is 8. The Morgan fingerprint density at radius 3 is 2.29 bits per heavy atom. The number of ether oxygens (including phenoxy) is 2. The Hall–Kier alpha value is -2.73. The zero-order valence-electron chi connectivity index (χ0n) is 16.7. The molecule has 1 aliphatic heterocycles. The maximum absolute atomic E-state index is 12.4. The second-order valence-electron chi connectivity index (χ2n) is 6.67. The zero-order valence-corrected chi connectivity index (χ0v) is 16.7. The molecular weight excluding hydrogens is 354 g/mol. The third-order valence-corrected chi connectivity index (χ3v) is 4.69. The highest BCUT2D eigenvalue weighted by Crippen LogP contribution is 2.28. The molecule has 2 aromatic rings. The van der Waals surface area contributed by atoms with Crippen LogP contribution in [0.15, 0.2) is 48.5 Å². The molecule has 1 saturated heterocycles. The maximum Gasteiger partial charge on any atom is 0.238 e. The number of carbonyl (C=O) groups is 1. The summed E-state index contributed by atoms with van der Waals surface area (Å²) in [6, 6.07) is 15.6. The number of anilines is 2. The van der Waals surface area contributed by atoms with E-state index in [2.05, 4.69) is 21.2 Å². The molecule has 1 amide bonds. The topological polar surface area (TPSA) is 54.0 Å². The van der Waals surface area contributed by atoms with Gasteiger partial charge in [0, 0.05) is 31.9 Å². The fraction of sp³-hybridized carbons (Fsp3) is 0.409. The number of piperazine rings is 1. The predicted molar refractivity (Wildman–Crippen MR) is 113 cm³/mol. The summed E-state index contributed by atoms with van der Waals surface area (Å²) >= 11 is 0. The van der Waals surface area contributed by atoms with Gasteiger partial charge in [0.2, 0.25) is 5.91 Å². The van der Waals surface area contributed by atoms with Crippen molar-refractivity contribution in [1.82, 2.24) is 4.90 Å². The maximum atomic E-state index is 12.4. The van der Waals surface area contributed by atoms with Crippen LogP contribution in [0.25, 0.3) is 0 Å². The van der Waals surface area contributed by atoms with Crippen LogP contribution in [0.5, 0.6) is 11.5 Å². The molecule has 6 heteroatoms. The average Bonchev–Trinajstić information content (AvgIpc) is 2.71. The van der Waals surface area contributed by atoms with Crippen molar-refractivity contribution in [3.63, 3.8) is 0 Å². The third-order valence-electron chi connectivity index (χ3n) is 4.69. The minimum absolute atomic E-state index is 0.00678. The first kappa shape index (κ1) is 20.0. The van der Waals surface area contributed by atoms with Crippen molar-refractivity contribution in [2.75, 3.05) is 56.2 Å². The molecule has 3 rings (SSSR count). The quantitative estimate of drug-likeness (QED) is 0.758. The molecule has 1 heterocycles. The molecule has 0 aliphatic carbocycles. The molecule has 0 spiro atoms. The molecule has 0 aromatic heterocycles. The van der Waals surface area contributed by atoms with E-state index < -0.39 is 0 Å². The number of hydrogen-bond acceptors (Lipinski definition) is 5. The molecule has 0 unspecified atom stereocenters. The minimum atomic E-state index is 0.00678. The molecule has 1 aliphatic rings. The molecule has 0 bridgehead atoms. The van der Waals surface area contributed by atoms with Gasteiger partial charge in [-0.25, -0.2) is 0 Å². The van der Waals surface area contributed by atoms with E-state index in [9.17, 15) is 4.79 Å². The highest BCUT2D eigenvalue weighted by molar-refractivity contribution is 5.92. The molecule has 2 aromatic carbocycles. The van der Waals surface area contributed by atoms with Gasteiger partial charge in [-0.1, -0.05) is 12.1 Å². The van der Waals surface area contributed by atoms with Gasteiger partial charge >= 0.3 is 0 Å². The van der Waals surface area contributed by atoms with Crippen LogP contribution in [0.2, 0.25) is 0 Å². The van der Waals surface area contributed by atoms with E-state index in [0.29, 0.717) is 19.8 Å². The van der Waals surface area contributed by atoms with E-state index in [1.54, 1.807) is 0 Å². The molecule has 0 atom stereocenters. The van der Waals surface area contributed by atoms with Gasteiger partial charge in [-0.15, -0.1) is 0 Å². The summed E-state index contributed by atoms with van der Waals surface area (Å²) in [7, 11) is 0. The highest BCUT2D eigenvalue weighted by atomic mass is 16.5. The van der Waals surface area contributed by atoms with Gasteiger partial charge in [-0.2, -0.15) is 0 Å². The fourth-order valence-corrected chi connectivity index (χ4v) is 3.35. The first-order valence-electron chi connectivity index (χ1n) is 9.91. The van der Waals surface area contributed by atoms with E-state index in [1.807, 2.05) is 56.3 Å². The van der Waals surface area contributed by atoms with Gasteiger partial charge in [0.15, 0.2) is 0 Å². The van der Waals surface area contributed by atoms with Crippen LogP contribution in [0.3, 0.4) is 0 Å². The lowest BCUT2D eigenvalue weighted by Crippen LogP contribution is -2.48. The fourth-order valence-electron chi connectivity index (χ4n) is 3.35. The largest absolute Gasteiger partial charge is 0.494 e. The van der Waals surface area contributed by atoms with Crippen LogP contribution in [-0.2, 0) is 4.79 Å². The number of benzene rings is 2. The lowest BCUT2D eigenvalue weighted by atomic mass is 10.2. The summed E-state index contributed by atoms with van der Waals surface area (Å²) in [5, 5.41) is 2.96. The summed E-state index contributed by atoms with van der Waals surface area (Å²) in [5.41, 5.74) is 1.92. The average molecular weight is 383 g/mol. The van der Waals surface area contributed by atoms with Crippen LogP contribution in [0.4, 0.5) is 11.4 Å². The molecule has 6 nitrogen and oxygen atoms in total. The summed E-state index contributed by atoms with van der Waals surface area (Å²) in [4.78, 5) is 16.9. The van der Waals surface area contributed by atoms with Crippen molar-refractivity contribution in [1.29, 1.82) is 0 Å². The third kappa shape index (κ3) is 5.39. The lowest BCUT2D eigenvalue weighted by Gasteiger charge is -2.36. The molecule has 1 fully saturated rings. The van der Waals surface area contributed by atoms with Crippen LogP contribution in [0.1, 0.15) is 13.8 Å². The van der Waals surface area contributed by atoms with Gasteiger partial charge in [0.25, 0.3) is 0 Å². The summed E-state index contributed by atoms with van der Waals surface area (Å²) in [6.45, 7) is 9.07. The monoisotopic (exact) mass is 383 g/mol. The number of nitrogens with zero attached hydrogens (tertiary/aromatic N) is 2. The number of para-hydroxylation sites is 2. The van der Waals surface area contributed by atoms with Crippen LogP contribution < -0.4 is 19.7 Å². The summed E-state index contributed by atoms with van der Waals surface area (Å²) < 4.78 is 11.2. The minimum Gasteiger partial charge on any atom is -0.494 e.